The third-order valence-electron chi connectivity index (χ3n) is 4.75. The van der Waals surface area contributed by atoms with Crippen LogP contribution >= 0.6 is 31.9 Å². The molecule has 0 N–H and O–H groups in total. The summed E-state index contributed by atoms with van der Waals surface area (Å²) in [5.74, 6) is -0.318. The van der Waals surface area contributed by atoms with Gasteiger partial charge >= 0.3 is 0 Å². The lowest BCUT2D eigenvalue weighted by Crippen LogP contribution is -2.53. The second-order valence-electron chi connectivity index (χ2n) is 6.14. The van der Waals surface area contributed by atoms with Crippen molar-refractivity contribution >= 4 is 41.9 Å². The van der Waals surface area contributed by atoms with Crippen LogP contribution < -0.4 is 0 Å². The van der Waals surface area contributed by atoms with Crippen molar-refractivity contribution < 1.29 is 17.5 Å². The molecule has 2 atom stereocenters. The number of hydrogen-bond donors (Lipinski definition) is 0. The summed E-state index contributed by atoms with van der Waals surface area (Å²) in [4.78, 5) is -0.0171. The summed E-state index contributed by atoms with van der Waals surface area (Å²) in [5, 5.41) is 0. The quantitative estimate of drug-likeness (QED) is 0.581. The maximum atomic E-state index is 13.3. The summed E-state index contributed by atoms with van der Waals surface area (Å²) >= 11 is 6.93. The normalized spacial score (nSPS) is 24.5. The molecule has 3 rings (SSSR count). The first-order valence-corrected chi connectivity index (χ1v) is 11.2. The van der Waals surface area contributed by atoms with Crippen LogP contribution in [0, 0.1) is 5.82 Å². The van der Waals surface area contributed by atoms with Gasteiger partial charge in [0.15, 0.2) is 0 Å². The van der Waals surface area contributed by atoms with Crippen molar-refractivity contribution in [1.82, 2.24) is 4.31 Å². The Morgan fingerprint density at radius 3 is 2.31 bits per heavy atom. The second-order valence-corrected chi connectivity index (χ2v) is 10.1. The molecule has 0 spiro atoms. The number of ether oxygens (including phenoxy) is 1. The lowest BCUT2D eigenvalue weighted by molar-refractivity contribution is -0.0431. The molecule has 1 fully saturated rings. The van der Waals surface area contributed by atoms with E-state index in [1.165, 1.54) is 16.4 Å². The molecule has 1 aliphatic heterocycles. The molecule has 8 heteroatoms. The number of halogens is 3. The molecule has 0 radical (unpaired) electrons. The molecule has 0 aliphatic carbocycles. The Morgan fingerprint density at radius 1 is 1.15 bits per heavy atom. The Balaban J connectivity index is 1.87. The van der Waals surface area contributed by atoms with Crippen LogP contribution in [0.25, 0.3) is 0 Å². The number of nitrogens with zero attached hydrogens (tertiary/aromatic N) is 1. The van der Waals surface area contributed by atoms with Crippen molar-refractivity contribution in [2.75, 3.05) is 20.2 Å². The van der Waals surface area contributed by atoms with Gasteiger partial charge in [-0.3, -0.25) is 0 Å². The highest BCUT2D eigenvalue weighted by molar-refractivity contribution is 9.10. The summed E-state index contributed by atoms with van der Waals surface area (Å²) in [7, 11) is -2.00. The Bertz CT molecular complexity index is 874. The monoisotopic (exact) mass is 505 g/mol. The molecule has 1 heterocycles. The molecule has 2 aromatic carbocycles. The maximum absolute atomic E-state index is 13.3. The molecule has 0 saturated carbocycles. The van der Waals surface area contributed by atoms with E-state index in [1.807, 2.05) is 0 Å². The smallest absolute Gasteiger partial charge is 0.243 e. The van der Waals surface area contributed by atoms with Crippen LogP contribution in [0.1, 0.15) is 12.0 Å². The SMILES string of the molecule is CO[C@@]1(c2ccc(F)cc2)CCN(S(=O)(=O)c2ccc(Br)cc2)C[C@@H]1Br. The molecule has 1 aliphatic rings. The average molecular weight is 507 g/mol. The number of piperidine rings is 1. The van der Waals surface area contributed by atoms with Crippen molar-refractivity contribution in [2.24, 2.45) is 0 Å². The van der Waals surface area contributed by atoms with E-state index >= 15 is 0 Å². The number of benzene rings is 2. The molecular formula is C18H18Br2FNO3S. The van der Waals surface area contributed by atoms with Crippen LogP contribution in [-0.2, 0) is 20.4 Å². The number of methoxy groups -OCH3 is 1. The van der Waals surface area contributed by atoms with Gasteiger partial charge in [0.1, 0.15) is 11.4 Å². The van der Waals surface area contributed by atoms with E-state index in [4.69, 9.17) is 4.74 Å². The number of alkyl halides is 1. The van der Waals surface area contributed by atoms with Gasteiger partial charge in [-0.25, -0.2) is 12.8 Å². The largest absolute Gasteiger partial charge is 0.372 e. The van der Waals surface area contributed by atoms with Gasteiger partial charge < -0.3 is 4.74 Å². The zero-order valence-electron chi connectivity index (χ0n) is 14.0. The number of rotatable bonds is 4. The molecule has 140 valence electrons. The highest BCUT2D eigenvalue weighted by Gasteiger charge is 2.46. The molecule has 0 unspecified atom stereocenters. The highest BCUT2D eigenvalue weighted by Crippen LogP contribution is 2.41. The third-order valence-corrected chi connectivity index (χ3v) is 8.19. The summed E-state index contributed by atoms with van der Waals surface area (Å²) in [6, 6.07) is 12.7. The Labute approximate surface area is 169 Å². The molecule has 4 nitrogen and oxygen atoms in total. The van der Waals surface area contributed by atoms with Crippen LogP contribution in [0.15, 0.2) is 57.9 Å². The van der Waals surface area contributed by atoms with Gasteiger partial charge in [0.25, 0.3) is 0 Å². The Hall–Kier alpha value is -0.800. The number of sulfonamides is 1. The summed E-state index contributed by atoms with van der Waals surface area (Å²) in [6.45, 7) is 0.565. The topological polar surface area (TPSA) is 46.6 Å². The standard InChI is InChI=1S/C18H18Br2FNO3S/c1-25-18(13-2-6-15(21)7-3-13)10-11-22(12-17(18)20)26(23,24)16-8-4-14(19)5-9-16/h2-9,17H,10-12H2,1H3/t17-,18+/m0/s1. The van der Waals surface area contributed by atoms with Gasteiger partial charge in [0, 0.05) is 24.7 Å². The van der Waals surface area contributed by atoms with E-state index in [0.717, 1.165) is 10.0 Å². The summed E-state index contributed by atoms with van der Waals surface area (Å²) < 4.78 is 47.2. The Kier molecular flexibility index (Phi) is 5.89. The van der Waals surface area contributed by atoms with Gasteiger partial charge in [0.2, 0.25) is 10.0 Å². The first-order chi connectivity index (χ1) is 12.3. The van der Waals surface area contributed by atoms with Crippen LogP contribution in [0.2, 0.25) is 0 Å². The van der Waals surface area contributed by atoms with Crippen LogP contribution in [-0.4, -0.2) is 37.7 Å². The van der Waals surface area contributed by atoms with Gasteiger partial charge in [-0.05, 0) is 48.4 Å². The van der Waals surface area contributed by atoms with Crippen molar-refractivity contribution in [1.29, 1.82) is 0 Å². The molecule has 26 heavy (non-hydrogen) atoms. The molecular weight excluding hydrogens is 489 g/mol. The van der Waals surface area contributed by atoms with Crippen molar-refractivity contribution in [3.8, 4) is 0 Å². The fourth-order valence-electron chi connectivity index (χ4n) is 3.24. The minimum Gasteiger partial charge on any atom is -0.372 e. The predicted octanol–water partition coefficient (Wildman–Crippen LogP) is 4.29. The molecule has 0 bridgehead atoms. The summed E-state index contributed by atoms with van der Waals surface area (Å²) in [5.41, 5.74) is 0.114. The molecule has 0 aromatic heterocycles. The van der Waals surface area contributed by atoms with E-state index < -0.39 is 15.6 Å². The fourth-order valence-corrected chi connectivity index (χ4v) is 6.18. The summed E-state index contributed by atoms with van der Waals surface area (Å²) in [6.07, 6.45) is 0.459. The van der Waals surface area contributed by atoms with Crippen molar-refractivity contribution in [3.63, 3.8) is 0 Å². The Morgan fingerprint density at radius 2 is 1.77 bits per heavy atom. The van der Waals surface area contributed by atoms with E-state index in [1.54, 1.807) is 43.5 Å². The third kappa shape index (κ3) is 3.62. The highest BCUT2D eigenvalue weighted by atomic mass is 79.9. The fraction of sp³-hybridized carbons (Fsp3) is 0.333. The average Bonchev–Trinajstić information content (AvgIpc) is 2.63. The van der Waals surface area contributed by atoms with Gasteiger partial charge in [-0.15, -0.1) is 0 Å². The lowest BCUT2D eigenvalue weighted by Gasteiger charge is -2.44. The first kappa shape index (κ1) is 19.9. The maximum Gasteiger partial charge on any atom is 0.243 e. The number of hydrogen-bond acceptors (Lipinski definition) is 3. The minimum absolute atomic E-state index is 0.254. The van der Waals surface area contributed by atoms with Gasteiger partial charge in [-0.2, -0.15) is 4.31 Å². The molecule has 1 saturated heterocycles. The van der Waals surface area contributed by atoms with Crippen molar-refractivity contribution in [3.05, 3.63) is 64.4 Å². The first-order valence-electron chi connectivity index (χ1n) is 8.00. The molecule has 0 amide bonds. The lowest BCUT2D eigenvalue weighted by atomic mass is 9.84. The van der Waals surface area contributed by atoms with Gasteiger partial charge in [-0.1, -0.05) is 44.0 Å². The molecule has 2 aromatic rings. The van der Waals surface area contributed by atoms with Gasteiger partial charge in [0.05, 0.1) is 9.72 Å². The zero-order chi connectivity index (χ0) is 18.9. The van der Waals surface area contributed by atoms with Crippen LogP contribution in [0.5, 0.6) is 0 Å². The van der Waals surface area contributed by atoms with Crippen molar-refractivity contribution in [2.45, 2.75) is 21.7 Å². The van der Waals surface area contributed by atoms with Crippen LogP contribution in [0.4, 0.5) is 4.39 Å². The minimum atomic E-state index is -3.59. The predicted molar refractivity (Wildman–Crippen MR) is 105 cm³/mol. The second kappa shape index (κ2) is 7.67. The van der Waals surface area contributed by atoms with E-state index in [9.17, 15) is 12.8 Å². The zero-order valence-corrected chi connectivity index (χ0v) is 18.0. The van der Waals surface area contributed by atoms with E-state index in [2.05, 4.69) is 31.9 Å². The van der Waals surface area contributed by atoms with E-state index in [0.29, 0.717) is 13.0 Å². The van der Waals surface area contributed by atoms with Crippen LogP contribution in [0.3, 0.4) is 0 Å². The van der Waals surface area contributed by atoms with E-state index in [-0.39, 0.29) is 22.1 Å².